The van der Waals surface area contributed by atoms with Gasteiger partial charge in [-0.2, -0.15) is 0 Å². The molecule has 0 saturated carbocycles. The number of tetrazole rings is 1. The molecular formula is C13H9N8S. The summed E-state index contributed by atoms with van der Waals surface area (Å²) in [5.41, 5.74) is 1.74. The van der Waals surface area contributed by atoms with Gasteiger partial charge >= 0.3 is 0 Å². The molecule has 0 spiro atoms. The van der Waals surface area contributed by atoms with Gasteiger partial charge in [-0.15, -0.1) is 16.4 Å². The van der Waals surface area contributed by atoms with E-state index in [9.17, 15) is 0 Å². The van der Waals surface area contributed by atoms with E-state index in [1.54, 1.807) is 17.5 Å². The van der Waals surface area contributed by atoms with Crippen LogP contribution in [0.15, 0.2) is 30.5 Å². The van der Waals surface area contributed by atoms with Crippen LogP contribution >= 0.6 is 11.3 Å². The fraction of sp³-hybridized carbons (Fsp3) is 0.0769. The van der Waals surface area contributed by atoms with Gasteiger partial charge in [0, 0.05) is 6.20 Å². The molecule has 8 nitrogen and oxygen atoms in total. The predicted octanol–water partition coefficient (Wildman–Crippen LogP) is 1.68. The molecule has 0 atom stereocenters. The van der Waals surface area contributed by atoms with E-state index in [4.69, 9.17) is 0 Å². The minimum Gasteiger partial charge on any atom is -0.347 e. The fourth-order valence-corrected chi connectivity index (χ4v) is 2.81. The Morgan fingerprint density at radius 2 is 2.23 bits per heavy atom. The number of nitrogens with zero attached hydrogens (tertiary/aromatic N) is 6. The number of benzene rings is 1. The molecular weight excluding hydrogens is 300 g/mol. The summed E-state index contributed by atoms with van der Waals surface area (Å²) in [5, 5.41) is 17.3. The Bertz CT molecular complexity index is 851. The molecule has 9 heteroatoms. The number of para-hydroxylation sites is 1. The Balaban J connectivity index is 1.53. The van der Waals surface area contributed by atoms with Crippen LogP contribution in [0.25, 0.3) is 20.8 Å². The van der Waals surface area contributed by atoms with Crippen LogP contribution in [0, 0.1) is 6.20 Å². The van der Waals surface area contributed by atoms with Crippen molar-refractivity contribution in [1.82, 2.24) is 35.6 Å². The molecule has 0 bridgehead atoms. The largest absolute Gasteiger partial charge is 0.347 e. The van der Waals surface area contributed by atoms with E-state index in [2.05, 4.69) is 47.1 Å². The third kappa shape index (κ3) is 2.49. The lowest BCUT2D eigenvalue weighted by molar-refractivity contribution is 0.881. The standard InChI is InChI=1S/C13H9N8S/c1-2-4-10-9(3-1)17-12(22-10)8-5-14-13(15-6-8)16-7-11-18-20-21-19-11/h1-5H,7H2,(H,14,15,16)(H,18,19,20,21). The van der Waals surface area contributed by atoms with Gasteiger partial charge in [0.05, 0.1) is 22.3 Å². The molecule has 0 aliphatic heterocycles. The van der Waals surface area contributed by atoms with Crippen molar-refractivity contribution in [1.29, 1.82) is 0 Å². The third-order valence-corrected chi connectivity index (χ3v) is 4.00. The van der Waals surface area contributed by atoms with Gasteiger partial charge in [-0.1, -0.05) is 12.1 Å². The van der Waals surface area contributed by atoms with Gasteiger partial charge in [0.15, 0.2) is 5.82 Å². The lowest BCUT2D eigenvalue weighted by atomic mass is 10.3. The number of hydrogen-bond acceptors (Lipinski definition) is 8. The summed E-state index contributed by atoms with van der Waals surface area (Å²) in [7, 11) is 0. The number of hydrogen-bond donors (Lipinski definition) is 2. The predicted molar refractivity (Wildman–Crippen MR) is 81.0 cm³/mol. The zero-order valence-electron chi connectivity index (χ0n) is 11.2. The number of rotatable bonds is 4. The van der Waals surface area contributed by atoms with Crippen LogP contribution in [0.1, 0.15) is 5.82 Å². The van der Waals surface area contributed by atoms with Crippen LogP contribution in [-0.2, 0) is 6.54 Å². The van der Waals surface area contributed by atoms with E-state index < -0.39 is 0 Å². The molecule has 107 valence electrons. The van der Waals surface area contributed by atoms with Crippen molar-refractivity contribution in [3.8, 4) is 10.6 Å². The Morgan fingerprint density at radius 1 is 1.27 bits per heavy atom. The van der Waals surface area contributed by atoms with Gasteiger partial charge in [0.25, 0.3) is 0 Å². The Hall–Kier alpha value is -2.94. The average Bonchev–Trinajstić information content (AvgIpc) is 3.22. The van der Waals surface area contributed by atoms with Crippen molar-refractivity contribution in [2.75, 3.05) is 5.32 Å². The van der Waals surface area contributed by atoms with Gasteiger partial charge in [0.1, 0.15) is 11.2 Å². The molecule has 4 rings (SSSR count). The number of nitrogens with one attached hydrogen (secondary N) is 2. The lowest BCUT2D eigenvalue weighted by Gasteiger charge is -2.01. The summed E-state index contributed by atoms with van der Waals surface area (Å²) in [6, 6.07) is 7.99. The van der Waals surface area contributed by atoms with Crippen LogP contribution < -0.4 is 5.32 Å². The first kappa shape index (κ1) is 12.8. The number of thiazole rings is 1. The minimum absolute atomic E-state index is 0.418. The Kier molecular flexibility index (Phi) is 3.16. The van der Waals surface area contributed by atoms with Crippen LogP contribution in [-0.4, -0.2) is 35.6 Å². The van der Waals surface area contributed by atoms with E-state index in [1.807, 2.05) is 24.3 Å². The minimum atomic E-state index is 0.418. The second-order valence-electron chi connectivity index (χ2n) is 4.41. The maximum Gasteiger partial charge on any atom is 0.223 e. The molecule has 3 aromatic heterocycles. The molecule has 0 aliphatic carbocycles. The quantitative estimate of drug-likeness (QED) is 0.591. The van der Waals surface area contributed by atoms with Crippen molar-refractivity contribution in [3.05, 3.63) is 42.5 Å². The summed E-state index contributed by atoms with van der Waals surface area (Å²) in [6.45, 7) is 0.418. The molecule has 1 radical (unpaired) electrons. The Labute approximate surface area is 128 Å². The molecule has 2 N–H and O–H groups in total. The van der Waals surface area contributed by atoms with Gasteiger partial charge in [0.2, 0.25) is 5.95 Å². The topological polar surface area (TPSA) is 105 Å². The average molecular weight is 309 g/mol. The highest BCUT2D eigenvalue weighted by molar-refractivity contribution is 7.21. The van der Waals surface area contributed by atoms with Crippen molar-refractivity contribution >= 4 is 27.5 Å². The number of anilines is 1. The number of aromatic nitrogens is 7. The van der Waals surface area contributed by atoms with Gasteiger partial charge in [-0.25, -0.2) is 20.1 Å². The normalized spacial score (nSPS) is 10.9. The van der Waals surface area contributed by atoms with E-state index >= 15 is 0 Å². The third-order valence-electron chi connectivity index (χ3n) is 2.93. The monoisotopic (exact) mass is 309 g/mol. The molecule has 0 fully saturated rings. The molecule has 1 aromatic carbocycles. The fourth-order valence-electron chi connectivity index (χ4n) is 1.89. The van der Waals surface area contributed by atoms with Crippen molar-refractivity contribution in [2.24, 2.45) is 0 Å². The molecule has 0 aliphatic rings. The smallest absolute Gasteiger partial charge is 0.223 e. The molecule has 22 heavy (non-hydrogen) atoms. The van der Waals surface area contributed by atoms with Crippen molar-refractivity contribution < 1.29 is 0 Å². The highest BCUT2D eigenvalue weighted by atomic mass is 32.1. The summed E-state index contributed by atoms with van der Waals surface area (Å²) in [5.74, 6) is 1.07. The molecule has 0 unspecified atom stereocenters. The molecule has 4 aromatic rings. The first-order chi connectivity index (χ1) is 10.9. The number of H-pyrrole nitrogens is 1. The van der Waals surface area contributed by atoms with Crippen LogP contribution in [0.3, 0.4) is 0 Å². The summed E-state index contributed by atoms with van der Waals surface area (Å²) in [4.78, 5) is 13.0. The second-order valence-corrected chi connectivity index (χ2v) is 5.44. The zero-order chi connectivity index (χ0) is 14.8. The van der Waals surface area contributed by atoms with Crippen LogP contribution in [0.2, 0.25) is 0 Å². The molecule has 0 amide bonds. The van der Waals surface area contributed by atoms with E-state index in [-0.39, 0.29) is 0 Å². The SMILES string of the molecule is [c]1nc(NCc2nnn[nH]2)ncc1-c1nc2ccccc2s1. The lowest BCUT2D eigenvalue weighted by Crippen LogP contribution is -2.05. The Morgan fingerprint density at radius 3 is 3.00 bits per heavy atom. The maximum atomic E-state index is 4.55. The number of fused-ring (bicyclic) bond motifs is 1. The van der Waals surface area contributed by atoms with E-state index in [0.717, 1.165) is 20.8 Å². The second kappa shape index (κ2) is 5.45. The van der Waals surface area contributed by atoms with E-state index in [1.165, 1.54) is 0 Å². The number of aromatic amines is 1. The van der Waals surface area contributed by atoms with Gasteiger partial charge < -0.3 is 5.32 Å². The first-order valence-corrected chi connectivity index (χ1v) is 7.27. The van der Waals surface area contributed by atoms with Crippen LogP contribution in [0.4, 0.5) is 5.95 Å². The zero-order valence-corrected chi connectivity index (χ0v) is 12.0. The van der Waals surface area contributed by atoms with E-state index in [0.29, 0.717) is 18.3 Å². The first-order valence-electron chi connectivity index (χ1n) is 6.45. The summed E-state index contributed by atoms with van der Waals surface area (Å²) in [6.07, 6.45) is 4.66. The molecule has 0 saturated heterocycles. The van der Waals surface area contributed by atoms with Gasteiger partial charge in [-0.3, -0.25) is 0 Å². The van der Waals surface area contributed by atoms with Gasteiger partial charge in [-0.05, 0) is 22.6 Å². The maximum absolute atomic E-state index is 4.55. The molecule has 3 heterocycles. The summed E-state index contributed by atoms with van der Waals surface area (Å²) >= 11 is 1.59. The highest BCUT2D eigenvalue weighted by Gasteiger charge is 2.08. The van der Waals surface area contributed by atoms with Crippen molar-refractivity contribution in [3.63, 3.8) is 0 Å². The van der Waals surface area contributed by atoms with Crippen LogP contribution in [0.5, 0.6) is 0 Å². The summed E-state index contributed by atoms with van der Waals surface area (Å²) < 4.78 is 1.13. The van der Waals surface area contributed by atoms with Crippen molar-refractivity contribution in [2.45, 2.75) is 6.54 Å². The highest BCUT2D eigenvalue weighted by Crippen LogP contribution is 2.28.